The summed E-state index contributed by atoms with van der Waals surface area (Å²) >= 11 is 0. The van der Waals surface area contributed by atoms with Crippen molar-refractivity contribution in [1.29, 1.82) is 0 Å². The molecule has 0 atom stereocenters. The first-order chi connectivity index (χ1) is 14.5. The van der Waals surface area contributed by atoms with Crippen molar-refractivity contribution >= 4 is 5.95 Å². The van der Waals surface area contributed by atoms with Crippen LogP contribution in [-0.4, -0.2) is 78.4 Å². The Morgan fingerprint density at radius 2 is 1.80 bits per heavy atom. The maximum Gasteiger partial charge on any atom is 0.266 e. The molecule has 0 unspecified atom stereocenters. The summed E-state index contributed by atoms with van der Waals surface area (Å²) in [6.07, 6.45) is 2.16. The fourth-order valence-corrected chi connectivity index (χ4v) is 4.54. The molecule has 7 nitrogen and oxygen atoms in total. The smallest absolute Gasteiger partial charge is 0.266 e. The predicted octanol–water partition coefficient (Wildman–Crippen LogP) is 3.19. The largest absolute Gasteiger partial charge is 0.496 e. The third-order valence-electron chi connectivity index (χ3n) is 6.47. The summed E-state index contributed by atoms with van der Waals surface area (Å²) in [4.78, 5) is 11.8. The third kappa shape index (κ3) is 4.30. The van der Waals surface area contributed by atoms with Gasteiger partial charge in [0.1, 0.15) is 11.6 Å². The number of benzene rings is 1. The zero-order valence-electron chi connectivity index (χ0n) is 18.4. The minimum atomic E-state index is -0.386. The van der Waals surface area contributed by atoms with Crippen LogP contribution in [0.15, 0.2) is 16.7 Å². The quantitative estimate of drug-likeness (QED) is 0.740. The van der Waals surface area contributed by atoms with Gasteiger partial charge in [0.15, 0.2) is 0 Å². The van der Waals surface area contributed by atoms with Crippen molar-refractivity contribution in [3.05, 3.63) is 23.5 Å². The van der Waals surface area contributed by atoms with Crippen LogP contribution >= 0.6 is 0 Å². The van der Waals surface area contributed by atoms with E-state index in [4.69, 9.17) is 9.26 Å². The normalized spacial score (nSPS) is 19.6. The van der Waals surface area contributed by atoms with E-state index in [1.165, 1.54) is 6.07 Å². The van der Waals surface area contributed by atoms with Crippen LogP contribution in [0.1, 0.15) is 32.3 Å². The Kier molecular flexibility index (Phi) is 6.24. The Hall–Kier alpha value is -2.19. The van der Waals surface area contributed by atoms with E-state index in [-0.39, 0.29) is 17.3 Å². The molecule has 0 aliphatic carbocycles. The number of hydrogen-bond acceptors (Lipinski definition) is 7. The molecule has 8 heteroatoms. The highest BCUT2D eigenvalue weighted by molar-refractivity contribution is 5.60. The second kappa shape index (κ2) is 8.89. The first kappa shape index (κ1) is 21.1. The van der Waals surface area contributed by atoms with E-state index in [2.05, 4.69) is 38.7 Å². The van der Waals surface area contributed by atoms with Crippen molar-refractivity contribution in [2.75, 3.05) is 51.3 Å². The highest BCUT2D eigenvalue weighted by atomic mass is 19.1. The topological polar surface area (TPSA) is 57.9 Å². The van der Waals surface area contributed by atoms with E-state index >= 15 is 0 Å². The number of ether oxygens (including phenoxy) is 1. The van der Waals surface area contributed by atoms with Gasteiger partial charge in [-0.05, 0) is 56.5 Å². The minimum absolute atomic E-state index is 0.188. The average molecular weight is 418 g/mol. The Labute approximate surface area is 177 Å². The summed E-state index contributed by atoms with van der Waals surface area (Å²) < 4.78 is 25.1. The molecule has 0 radical (unpaired) electrons. The monoisotopic (exact) mass is 417 g/mol. The van der Waals surface area contributed by atoms with Gasteiger partial charge >= 0.3 is 0 Å². The van der Waals surface area contributed by atoms with Crippen LogP contribution in [0.5, 0.6) is 5.75 Å². The molecule has 0 saturated carbocycles. The molecule has 4 rings (SSSR count). The first-order valence-corrected chi connectivity index (χ1v) is 10.9. The molecule has 2 aromatic rings. The van der Waals surface area contributed by atoms with Crippen LogP contribution in [0, 0.1) is 12.7 Å². The maximum absolute atomic E-state index is 14.4. The number of aromatic nitrogens is 2. The molecule has 0 amide bonds. The van der Waals surface area contributed by atoms with E-state index in [1.54, 1.807) is 20.1 Å². The van der Waals surface area contributed by atoms with E-state index in [1.807, 2.05) is 0 Å². The van der Waals surface area contributed by atoms with E-state index < -0.39 is 0 Å². The standard InChI is InChI=1S/C22H32FN5O2/c1-15(2)26-9-11-27(12-10-26)17-5-7-28(8-6-17)22-24-21(30-25-22)18-14-20(29-4)16(3)13-19(18)23/h13-15,17H,5-12H2,1-4H3. The number of anilines is 1. The van der Waals surface area contributed by atoms with Gasteiger partial charge in [-0.25, -0.2) is 4.39 Å². The van der Waals surface area contributed by atoms with Crippen LogP contribution in [0.2, 0.25) is 0 Å². The number of hydrogen-bond donors (Lipinski definition) is 0. The summed E-state index contributed by atoms with van der Waals surface area (Å²) in [5, 5.41) is 4.11. The lowest BCUT2D eigenvalue weighted by Gasteiger charge is -2.43. The molecule has 2 aliphatic heterocycles. The Bertz CT molecular complexity index is 855. The highest BCUT2D eigenvalue weighted by Crippen LogP contribution is 2.30. The van der Waals surface area contributed by atoms with E-state index in [0.717, 1.165) is 57.7 Å². The molecule has 1 aromatic heterocycles. The Morgan fingerprint density at radius 1 is 1.10 bits per heavy atom. The Morgan fingerprint density at radius 3 is 2.43 bits per heavy atom. The molecule has 2 aliphatic rings. The van der Waals surface area contributed by atoms with Gasteiger partial charge in [-0.3, -0.25) is 9.80 Å². The molecule has 30 heavy (non-hydrogen) atoms. The fourth-order valence-electron chi connectivity index (χ4n) is 4.54. The van der Waals surface area contributed by atoms with E-state index in [9.17, 15) is 4.39 Å². The number of aryl methyl sites for hydroxylation is 1. The second-order valence-corrected chi connectivity index (χ2v) is 8.59. The van der Waals surface area contributed by atoms with Crippen LogP contribution in [0.25, 0.3) is 11.5 Å². The summed E-state index contributed by atoms with van der Waals surface area (Å²) in [6, 6.07) is 4.29. The number of methoxy groups -OCH3 is 1. The van der Waals surface area contributed by atoms with Crippen molar-refractivity contribution in [3.63, 3.8) is 0 Å². The zero-order valence-corrected chi connectivity index (χ0v) is 18.4. The minimum Gasteiger partial charge on any atom is -0.496 e. The second-order valence-electron chi connectivity index (χ2n) is 8.59. The van der Waals surface area contributed by atoms with Crippen LogP contribution in [0.3, 0.4) is 0 Å². The third-order valence-corrected chi connectivity index (χ3v) is 6.47. The van der Waals surface area contributed by atoms with Gasteiger partial charge in [0.2, 0.25) is 0 Å². The molecule has 3 heterocycles. The number of rotatable bonds is 5. The molecule has 1 aromatic carbocycles. The lowest BCUT2D eigenvalue weighted by molar-refractivity contribution is 0.0691. The van der Waals surface area contributed by atoms with Gasteiger partial charge < -0.3 is 14.2 Å². The van der Waals surface area contributed by atoms with Gasteiger partial charge in [-0.1, -0.05) is 0 Å². The lowest BCUT2D eigenvalue weighted by Crippen LogP contribution is -2.54. The number of piperidine rings is 1. The first-order valence-electron chi connectivity index (χ1n) is 10.9. The number of nitrogens with zero attached hydrogens (tertiary/aromatic N) is 5. The van der Waals surface area contributed by atoms with E-state index in [0.29, 0.717) is 23.8 Å². The molecule has 0 bridgehead atoms. The van der Waals surface area contributed by atoms with Crippen LogP contribution < -0.4 is 9.64 Å². The van der Waals surface area contributed by atoms with Crippen molar-refractivity contribution in [3.8, 4) is 17.2 Å². The summed E-state index contributed by atoms with van der Waals surface area (Å²) in [5.74, 6) is 0.937. The van der Waals surface area contributed by atoms with Crippen molar-refractivity contribution in [2.24, 2.45) is 0 Å². The van der Waals surface area contributed by atoms with Crippen LogP contribution in [-0.2, 0) is 0 Å². The van der Waals surface area contributed by atoms with Crippen molar-refractivity contribution < 1.29 is 13.7 Å². The SMILES string of the molecule is COc1cc(-c2nc(N3CCC(N4CCN(C(C)C)CC4)CC3)no2)c(F)cc1C. The summed E-state index contributed by atoms with van der Waals surface area (Å²) in [6.45, 7) is 12.7. The summed E-state index contributed by atoms with van der Waals surface area (Å²) in [5.41, 5.74) is 1.00. The molecule has 0 N–H and O–H groups in total. The molecule has 164 valence electrons. The maximum atomic E-state index is 14.4. The van der Waals surface area contributed by atoms with Gasteiger partial charge in [0.25, 0.3) is 11.8 Å². The highest BCUT2D eigenvalue weighted by Gasteiger charge is 2.29. The molecular weight excluding hydrogens is 385 g/mol. The summed E-state index contributed by atoms with van der Waals surface area (Å²) in [7, 11) is 1.57. The molecule has 2 saturated heterocycles. The molecular formula is C22H32FN5O2. The number of halogens is 1. The van der Waals surface area contributed by atoms with Gasteiger partial charge in [0, 0.05) is 51.4 Å². The zero-order chi connectivity index (χ0) is 21.3. The average Bonchev–Trinajstić information content (AvgIpc) is 3.24. The fraction of sp³-hybridized carbons (Fsp3) is 0.636. The Balaban J connectivity index is 1.37. The van der Waals surface area contributed by atoms with Gasteiger partial charge in [-0.15, -0.1) is 0 Å². The number of piperazine rings is 1. The van der Waals surface area contributed by atoms with Crippen molar-refractivity contribution in [1.82, 2.24) is 19.9 Å². The molecule has 2 fully saturated rings. The van der Waals surface area contributed by atoms with Crippen molar-refractivity contribution in [2.45, 2.75) is 45.7 Å². The van der Waals surface area contributed by atoms with Crippen LogP contribution in [0.4, 0.5) is 10.3 Å². The van der Waals surface area contributed by atoms with Gasteiger partial charge in [-0.2, -0.15) is 4.98 Å². The predicted molar refractivity (Wildman–Crippen MR) is 114 cm³/mol. The molecule has 0 spiro atoms. The lowest BCUT2D eigenvalue weighted by atomic mass is 10.0. The van der Waals surface area contributed by atoms with Gasteiger partial charge in [0.05, 0.1) is 12.7 Å².